The highest BCUT2D eigenvalue weighted by atomic mass is 32.2. The maximum Gasteiger partial charge on any atom is 0.293 e. The molecular formula is C24H19NO3S. The first-order valence-corrected chi connectivity index (χ1v) is 9.99. The highest BCUT2D eigenvalue weighted by Crippen LogP contribution is 2.33. The lowest BCUT2D eigenvalue weighted by molar-refractivity contribution is -0.123. The third-order valence-electron chi connectivity index (χ3n) is 4.69. The zero-order valence-corrected chi connectivity index (χ0v) is 16.7. The van der Waals surface area contributed by atoms with Crippen molar-refractivity contribution < 1.29 is 14.3 Å². The summed E-state index contributed by atoms with van der Waals surface area (Å²) < 4.78 is 5.19. The molecule has 1 fully saturated rings. The summed E-state index contributed by atoms with van der Waals surface area (Å²) in [5, 5.41) is -0.236. The molecule has 1 aliphatic rings. The topological polar surface area (TPSA) is 46.6 Å². The summed E-state index contributed by atoms with van der Waals surface area (Å²) in [6.07, 6.45) is 1.77. The summed E-state index contributed by atoms with van der Waals surface area (Å²) in [6, 6.07) is 25.3. The van der Waals surface area contributed by atoms with E-state index in [0.717, 1.165) is 39.8 Å². The Morgan fingerprint density at radius 3 is 2.10 bits per heavy atom. The van der Waals surface area contributed by atoms with Gasteiger partial charge in [-0.25, -0.2) is 0 Å². The second kappa shape index (κ2) is 8.37. The van der Waals surface area contributed by atoms with Crippen LogP contribution in [0.15, 0.2) is 83.8 Å². The van der Waals surface area contributed by atoms with Crippen LogP contribution in [0.5, 0.6) is 5.75 Å². The van der Waals surface area contributed by atoms with Crippen LogP contribution in [0, 0.1) is 0 Å². The highest BCUT2D eigenvalue weighted by Gasteiger charge is 2.34. The molecule has 4 rings (SSSR count). The first kappa shape index (κ1) is 19.0. The van der Waals surface area contributed by atoms with Crippen LogP contribution < -0.4 is 4.74 Å². The summed E-state index contributed by atoms with van der Waals surface area (Å²) in [5.41, 5.74) is 3.97. The molecule has 0 saturated carbocycles. The smallest absolute Gasteiger partial charge is 0.293 e. The minimum absolute atomic E-state index is 0.236. The molecular weight excluding hydrogens is 382 g/mol. The van der Waals surface area contributed by atoms with E-state index in [0.29, 0.717) is 11.4 Å². The van der Waals surface area contributed by atoms with Gasteiger partial charge in [-0.2, -0.15) is 0 Å². The molecule has 0 aromatic heterocycles. The predicted octanol–water partition coefficient (Wildman–Crippen LogP) is 5.60. The molecule has 0 radical (unpaired) electrons. The van der Waals surface area contributed by atoms with E-state index in [9.17, 15) is 9.59 Å². The van der Waals surface area contributed by atoms with E-state index in [1.54, 1.807) is 13.2 Å². The van der Waals surface area contributed by atoms with Crippen molar-refractivity contribution in [1.29, 1.82) is 0 Å². The Balaban J connectivity index is 1.50. The molecule has 1 aliphatic heterocycles. The molecule has 0 bridgehead atoms. The van der Waals surface area contributed by atoms with Crippen molar-refractivity contribution in [2.45, 2.75) is 6.54 Å². The number of rotatable bonds is 5. The van der Waals surface area contributed by atoms with Gasteiger partial charge < -0.3 is 4.74 Å². The molecule has 0 spiro atoms. The second-order valence-electron chi connectivity index (χ2n) is 6.60. The van der Waals surface area contributed by atoms with E-state index in [1.165, 1.54) is 4.90 Å². The third-order valence-corrected chi connectivity index (χ3v) is 5.60. The van der Waals surface area contributed by atoms with E-state index in [-0.39, 0.29) is 11.1 Å². The van der Waals surface area contributed by atoms with Gasteiger partial charge in [-0.1, -0.05) is 66.7 Å². The quantitative estimate of drug-likeness (QED) is 0.522. The van der Waals surface area contributed by atoms with Crippen molar-refractivity contribution >= 4 is 29.0 Å². The number of thioether (sulfide) groups is 1. The van der Waals surface area contributed by atoms with E-state index in [4.69, 9.17) is 4.74 Å². The number of nitrogens with zero attached hydrogens (tertiary/aromatic N) is 1. The number of carbonyl (C=O) groups is 2. The van der Waals surface area contributed by atoms with Crippen LogP contribution in [0.25, 0.3) is 17.2 Å². The summed E-state index contributed by atoms with van der Waals surface area (Å²) in [7, 11) is 1.64. The van der Waals surface area contributed by atoms with Crippen molar-refractivity contribution in [2.24, 2.45) is 0 Å². The number of benzene rings is 3. The zero-order chi connectivity index (χ0) is 20.2. The van der Waals surface area contributed by atoms with Crippen molar-refractivity contribution in [3.63, 3.8) is 0 Å². The summed E-state index contributed by atoms with van der Waals surface area (Å²) in [6.45, 7) is 0.291. The lowest BCUT2D eigenvalue weighted by atomic mass is 10.0. The van der Waals surface area contributed by atoms with E-state index in [2.05, 4.69) is 0 Å². The molecule has 0 aliphatic carbocycles. The maximum atomic E-state index is 12.7. The normalized spacial score (nSPS) is 15.2. The number of ether oxygens (including phenoxy) is 1. The van der Waals surface area contributed by atoms with Crippen LogP contribution >= 0.6 is 11.8 Å². The number of hydrogen-bond acceptors (Lipinski definition) is 4. The van der Waals surface area contributed by atoms with Gasteiger partial charge in [0.05, 0.1) is 18.6 Å². The molecule has 29 heavy (non-hydrogen) atoms. The molecule has 0 N–H and O–H groups in total. The second-order valence-corrected chi connectivity index (χ2v) is 7.60. The van der Waals surface area contributed by atoms with Gasteiger partial charge in [-0.3, -0.25) is 14.5 Å². The number of methoxy groups -OCH3 is 1. The lowest BCUT2D eigenvalue weighted by Gasteiger charge is -2.12. The minimum Gasteiger partial charge on any atom is -0.497 e. The van der Waals surface area contributed by atoms with E-state index in [1.807, 2.05) is 78.9 Å². The molecule has 1 heterocycles. The molecule has 0 unspecified atom stereocenters. The fourth-order valence-electron chi connectivity index (χ4n) is 3.11. The van der Waals surface area contributed by atoms with E-state index < -0.39 is 0 Å². The van der Waals surface area contributed by atoms with Crippen LogP contribution in [0.4, 0.5) is 4.79 Å². The largest absolute Gasteiger partial charge is 0.497 e. The Hall–Kier alpha value is -3.31. The minimum atomic E-state index is -0.247. The third kappa shape index (κ3) is 4.25. The molecule has 5 heteroatoms. The Morgan fingerprint density at radius 2 is 1.48 bits per heavy atom. The van der Waals surface area contributed by atoms with Crippen LogP contribution in [0.1, 0.15) is 11.1 Å². The van der Waals surface area contributed by atoms with Crippen molar-refractivity contribution in [1.82, 2.24) is 4.90 Å². The monoisotopic (exact) mass is 401 g/mol. The SMILES string of the molecule is COc1ccc(-c2ccc(C=C3SC(=O)N(Cc4ccccc4)C3=O)cc2)cc1. The summed E-state index contributed by atoms with van der Waals surface area (Å²) in [4.78, 5) is 26.7. The van der Waals surface area contributed by atoms with Crippen molar-refractivity contribution in [3.8, 4) is 16.9 Å². The number of carbonyl (C=O) groups excluding carboxylic acids is 2. The van der Waals surface area contributed by atoms with Gasteiger partial charge in [0.15, 0.2) is 0 Å². The Kier molecular flexibility index (Phi) is 5.49. The number of hydrogen-bond donors (Lipinski definition) is 0. The van der Waals surface area contributed by atoms with Crippen LogP contribution in [0.3, 0.4) is 0 Å². The Morgan fingerprint density at radius 1 is 0.862 bits per heavy atom. The molecule has 3 aromatic rings. The highest BCUT2D eigenvalue weighted by molar-refractivity contribution is 8.18. The van der Waals surface area contributed by atoms with Gasteiger partial charge in [-0.05, 0) is 52.2 Å². The molecule has 144 valence electrons. The van der Waals surface area contributed by atoms with Gasteiger partial charge in [0, 0.05) is 0 Å². The van der Waals surface area contributed by atoms with Gasteiger partial charge >= 0.3 is 0 Å². The zero-order valence-electron chi connectivity index (χ0n) is 15.9. The first-order valence-electron chi connectivity index (χ1n) is 9.18. The summed E-state index contributed by atoms with van der Waals surface area (Å²) >= 11 is 0.985. The van der Waals surface area contributed by atoms with Gasteiger partial charge in [0.25, 0.3) is 11.1 Å². The number of imide groups is 1. The Labute approximate surface area is 173 Å². The molecule has 4 nitrogen and oxygen atoms in total. The van der Waals surface area contributed by atoms with Crippen LogP contribution in [0.2, 0.25) is 0 Å². The van der Waals surface area contributed by atoms with Crippen LogP contribution in [-0.4, -0.2) is 23.2 Å². The Bertz CT molecular complexity index is 1060. The fourth-order valence-corrected chi connectivity index (χ4v) is 3.95. The van der Waals surface area contributed by atoms with Gasteiger partial charge in [-0.15, -0.1) is 0 Å². The molecule has 0 atom stereocenters. The average Bonchev–Trinajstić information content (AvgIpc) is 3.02. The fraction of sp³-hybridized carbons (Fsp3) is 0.0833. The maximum absolute atomic E-state index is 12.7. The van der Waals surface area contributed by atoms with Gasteiger partial charge in [0.1, 0.15) is 5.75 Å². The standard InChI is InChI=1S/C24H19NO3S/c1-28-21-13-11-20(12-14-21)19-9-7-17(8-10-19)15-22-23(26)25(24(27)29-22)16-18-5-3-2-4-6-18/h2-15H,16H2,1H3. The average molecular weight is 401 g/mol. The van der Waals surface area contributed by atoms with Crippen molar-refractivity contribution in [3.05, 3.63) is 94.9 Å². The summed E-state index contributed by atoms with van der Waals surface area (Å²) in [5.74, 6) is 0.569. The molecule has 2 amide bonds. The van der Waals surface area contributed by atoms with E-state index >= 15 is 0 Å². The van der Waals surface area contributed by atoms with Crippen LogP contribution in [-0.2, 0) is 11.3 Å². The first-order chi connectivity index (χ1) is 14.1. The predicted molar refractivity (Wildman–Crippen MR) is 116 cm³/mol. The molecule has 1 saturated heterocycles. The number of amides is 2. The van der Waals surface area contributed by atoms with Crippen molar-refractivity contribution in [2.75, 3.05) is 7.11 Å². The van der Waals surface area contributed by atoms with Gasteiger partial charge in [0.2, 0.25) is 0 Å². The molecule has 3 aromatic carbocycles. The lowest BCUT2D eigenvalue weighted by Crippen LogP contribution is -2.27.